The zero-order valence-corrected chi connectivity index (χ0v) is 19.1. The van der Waals surface area contributed by atoms with Gasteiger partial charge in [0.25, 0.3) is 0 Å². The van der Waals surface area contributed by atoms with Crippen LogP contribution in [0.2, 0.25) is 0 Å². The standard InChI is InChI=1S/C24H37N7/c1-3-22-28-23-13-12-21(18-31(23)29-22)27-24(25-2)26-16-19-10-6-7-11-20(19)17-30-14-8-4-5-9-15-30/h6-7,10-11,21H,3-5,8-9,12-18H2,1-2H3,(H2,25,26,27). The van der Waals surface area contributed by atoms with Crippen LogP contribution >= 0.6 is 0 Å². The second-order valence-electron chi connectivity index (χ2n) is 8.74. The summed E-state index contributed by atoms with van der Waals surface area (Å²) in [7, 11) is 1.84. The Morgan fingerprint density at radius 3 is 2.65 bits per heavy atom. The van der Waals surface area contributed by atoms with Gasteiger partial charge in [0.2, 0.25) is 0 Å². The maximum atomic E-state index is 4.62. The molecule has 2 aliphatic heterocycles. The lowest BCUT2D eigenvalue weighted by molar-refractivity contribution is 0.276. The summed E-state index contributed by atoms with van der Waals surface area (Å²) in [5, 5.41) is 11.8. The second-order valence-corrected chi connectivity index (χ2v) is 8.74. The van der Waals surface area contributed by atoms with E-state index in [1.54, 1.807) is 0 Å². The predicted molar refractivity (Wildman–Crippen MR) is 125 cm³/mol. The zero-order chi connectivity index (χ0) is 21.5. The van der Waals surface area contributed by atoms with Crippen molar-refractivity contribution in [3.8, 4) is 0 Å². The van der Waals surface area contributed by atoms with Crippen molar-refractivity contribution in [1.82, 2.24) is 30.3 Å². The summed E-state index contributed by atoms with van der Waals surface area (Å²) >= 11 is 0. The molecule has 2 aliphatic rings. The molecule has 1 aromatic heterocycles. The molecule has 1 unspecified atom stereocenters. The molecule has 0 saturated carbocycles. The molecule has 0 amide bonds. The topological polar surface area (TPSA) is 70.4 Å². The fourth-order valence-electron chi connectivity index (χ4n) is 4.61. The van der Waals surface area contributed by atoms with Crippen LogP contribution in [0.25, 0.3) is 0 Å². The Morgan fingerprint density at radius 1 is 1.13 bits per heavy atom. The Labute approximate surface area is 186 Å². The average molecular weight is 424 g/mol. The summed E-state index contributed by atoms with van der Waals surface area (Å²) in [6, 6.07) is 9.13. The number of nitrogens with zero attached hydrogens (tertiary/aromatic N) is 5. The predicted octanol–water partition coefficient (Wildman–Crippen LogP) is 2.90. The van der Waals surface area contributed by atoms with Crippen LogP contribution in [0.15, 0.2) is 29.3 Å². The number of fused-ring (bicyclic) bond motifs is 1. The zero-order valence-electron chi connectivity index (χ0n) is 19.1. The lowest BCUT2D eigenvalue weighted by Crippen LogP contribution is -2.46. The number of guanidine groups is 1. The minimum absolute atomic E-state index is 0.317. The van der Waals surface area contributed by atoms with E-state index in [0.29, 0.717) is 6.04 Å². The summed E-state index contributed by atoms with van der Waals surface area (Å²) in [4.78, 5) is 11.7. The highest BCUT2D eigenvalue weighted by Gasteiger charge is 2.22. The first-order valence-corrected chi connectivity index (χ1v) is 11.9. The van der Waals surface area contributed by atoms with Crippen molar-refractivity contribution in [3.05, 3.63) is 47.0 Å². The van der Waals surface area contributed by atoms with E-state index in [0.717, 1.165) is 56.5 Å². The quantitative estimate of drug-likeness (QED) is 0.552. The Morgan fingerprint density at radius 2 is 1.90 bits per heavy atom. The first kappa shape index (κ1) is 21.8. The third-order valence-corrected chi connectivity index (χ3v) is 6.44. The maximum absolute atomic E-state index is 4.62. The molecule has 0 aliphatic carbocycles. The Bertz CT molecular complexity index is 865. The van der Waals surface area contributed by atoms with E-state index >= 15 is 0 Å². The highest BCUT2D eigenvalue weighted by molar-refractivity contribution is 5.80. The average Bonchev–Trinajstić information content (AvgIpc) is 3.04. The molecule has 1 aromatic carbocycles. The van der Waals surface area contributed by atoms with Gasteiger partial charge in [0.05, 0.1) is 6.54 Å². The number of aromatic nitrogens is 3. The number of hydrogen-bond acceptors (Lipinski definition) is 4. The molecule has 0 spiro atoms. The van der Waals surface area contributed by atoms with Crippen LogP contribution in [0.4, 0.5) is 0 Å². The number of likely N-dealkylation sites (tertiary alicyclic amines) is 1. The van der Waals surface area contributed by atoms with Gasteiger partial charge in [0.1, 0.15) is 5.82 Å². The van der Waals surface area contributed by atoms with Gasteiger partial charge in [-0.3, -0.25) is 9.89 Å². The maximum Gasteiger partial charge on any atom is 0.191 e. The second kappa shape index (κ2) is 10.8. The molecule has 1 atom stereocenters. The molecule has 3 heterocycles. The number of nitrogens with one attached hydrogen (secondary N) is 2. The molecule has 31 heavy (non-hydrogen) atoms. The van der Waals surface area contributed by atoms with Crippen LogP contribution in [-0.4, -0.2) is 51.8 Å². The molecule has 4 rings (SSSR count). The Hall–Kier alpha value is -2.41. The molecule has 1 fully saturated rings. The van der Waals surface area contributed by atoms with Gasteiger partial charge in [-0.05, 0) is 43.5 Å². The van der Waals surface area contributed by atoms with E-state index in [-0.39, 0.29) is 0 Å². The minimum Gasteiger partial charge on any atom is -0.352 e. The normalized spacial score (nSPS) is 20.2. The van der Waals surface area contributed by atoms with Crippen LogP contribution in [-0.2, 0) is 32.5 Å². The third-order valence-electron chi connectivity index (χ3n) is 6.44. The van der Waals surface area contributed by atoms with Crippen molar-refractivity contribution in [1.29, 1.82) is 0 Å². The number of aryl methyl sites for hydroxylation is 2. The molecule has 1 saturated heterocycles. The summed E-state index contributed by atoms with van der Waals surface area (Å²) < 4.78 is 2.06. The fraction of sp³-hybridized carbons (Fsp3) is 0.625. The van der Waals surface area contributed by atoms with E-state index in [1.807, 2.05) is 7.05 Å². The Balaban J connectivity index is 1.33. The van der Waals surface area contributed by atoms with Gasteiger partial charge >= 0.3 is 0 Å². The molecule has 0 bridgehead atoms. The van der Waals surface area contributed by atoms with Gasteiger partial charge in [-0.1, -0.05) is 44.0 Å². The molecule has 7 nitrogen and oxygen atoms in total. The van der Waals surface area contributed by atoms with Crippen molar-refractivity contribution < 1.29 is 0 Å². The summed E-state index contributed by atoms with van der Waals surface area (Å²) in [5.74, 6) is 2.91. The molecule has 0 radical (unpaired) electrons. The lowest BCUT2D eigenvalue weighted by Gasteiger charge is -2.26. The van der Waals surface area contributed by atoms with Gasteiger partial charge in [-0.2, -0.15) is 5.10 Å². The van der Waals surface area contributed by atoms with Gasteiger partial charge in [-0.25, -0.2) is 9.67 Å². The van der Waals surface area contributed by atoms with E-state index in [1.165, 1.54) is 49.9 Å². The number of benzene rings is 1. The largest absolute Gasteiger partial charge is 0.352 e. The molecule has 2 aromatic rings. The molecule has 2 N–H and O–H groups in total. The number of hydrogen-bond donors (Lipinski definition) is 2. The smallest absolute Gasteiger partial charge is 0.191 e. The van der Waals surface area contributed by atoms with Gasteiger partial charge < -0.3 is 10.6 Å². The minimum atomic E-state index is 0.317. The van der Waals surface area contributed by atoms with Crippen LogP contribution in [0.1, 0.15) is 61.8 Å². The molecular weight excluding hydrogens is 386 g/mol. The van der Waals surface area contributed by atoms with Gasteiger partial charge in [0, 0.05) is 39.0 Å². The van der Waals surface area contributed by atoms with E-state index in [2.05, 4.69) is 66.5 Å². The van der Waals surface area contributed by atoms with Crippen LogP contribution in [0.3, 0.4) is 0 Å². The van der Waals surface area contributed by atoms with Crippen LogP contribution in [0.5, 0.6) is 0 Å². The lowest BCUT2D eigenvalue weighted by atomic mass is 10.1. The monoisotopic (exact) mass is 423 g/mol. The molecular formula is C24H37N7. The summed E-state index contributed by atoms with van der Waals surface area (Å²) in [6.07, 6.45) is 8.29. The van der Waals surface area contributed by atoms with Gasteiger partial charge in [0.15, 0.2) is 11.8 Å². The highest BCUT2D eigenvalue weighted by Crippen LogP contribution is 2.17. The number of aliphatic imine (C=N–C) groups is 1. The Kier molecular flexibility index (Phi) is 7.57. The summed E-state index contributed by atoms with van der Waals surface area (Å²) in [6.45, 7) is 7.21. The molecule has 168 valence electrons. The van der Waals surface area contributed by atoms with Crippen molar-refractivity contribution in [2.24, 2.45) is 4.99 Å². The molecule has 7 heteroatoms. The van der Waals surface area contributed by atoms with Crippen molar-refractivity contribution in [3.63, 3.8) is 0 Å². The van der Waals surface area contributed by atoms with Gasteiger partial charge in [-0.15, -0.1) is 0 Å². The highest BCUT2D eigenvalue weighted by atomic mass is 15.4. The third kappa shape index (κ3) is 5.85. The summed E-state index contributed by atoms with van der Waals surface area (Å²) in [5.41, 5.74) is 2.77. The number of rotatable bonds is 6. The van der Waals surface area contributed by atoms with Crippen molar-refractivity contribution in [2.45, 2.75) is 77.5 Å². The van der Waals surface area contributed by atoms with Crippen molar-refractivity contribution >= 4 is 5.96 Å². The first-order chi connectivity index (χ1) is 15.2. The van der Waals surface area contributed by atoms with Crippen LogP contribution in [0, 0.1) is 0 Å². The van der Waals surface area contributed by atoms with Crippen molar-refractivity contribution in [2.75, 3.05) is 20.1 Å². The van der Waals surface area contributed by atoms with E-state index in [4.69, 9.17) is 0 Å². The first-order valence-electron chi connectivity index (χ1n) is 11.9. The van der Waals surface area contributed by atoms with E-state index < -0.39 is 0 Å². The fourth-order valence-corrected chi connectivity index (χ4v) is 4.61. The van der Waals surface area contributed by atoms with E-state index in [9.17, 15) is 0 Å². The van der Waals surface area contributed by atoms with Crippen LogP contribution < -0.4 is 10.6 Å². The SMILES string of the molecule is CCc1nc2n(n1)CC(NC(=NC)NCc1ccccc1CN1CCCCCC1)CC2.